The summed E-state index contributed by atoms with van der Waals surface area (Å²) in [6.07, 6.45) is 14.7. The van der Waals surface area contributed by atoms with Crippen molar-refractivity contribution >= 4 is 0 Å². The number of nitrogens with zero attached hydrogens (tertiary/aromatic N) is 2. The van der Waals surface area contributed by atoms with Gasteiger partial charge in [0.25, 0.3) is 0 Å². The van der Waals surface area contributed by atoms with Gasteiger partial charge in [-0.05, 0) is 82.0 Å². The van der Waals surface area contributed by atoms with Crippen LogP contribution in [0.4, 0.5) is 0 Å². The molecule has 1 aliphatic heterocycles. The number of hydrogen-bond donors (Lipinski definition) is 1. The van der Waals surface area contributed by atoms with Crippen LogP contribution in [0.25, 0.3) is 11.1 Å². The Labute approximate surface area is 193 Å². The number of benzene rings is 1. The first-order valence-corrected chi connectivity index (χ1v) is 12.8. The van der Waals surface area contributed by atoms with Crippen LogP contribution in [0.5, 0.6) is 11.6 Å². The van der Waals surface area contributed by atoms with Gasteiger partial charge < -0.3 is 14.8 Å². The summed E-state index contributed by atoms with van der Waals surface area (Å²) in [7, 11) is 0. The molecule has 2 aromatic rings. The van der Waals surface area contributed by atoms with E-state index in [0.717, 1.165) is 54.8 Å². The van der Waals surface area contributed by atoms with E-state index in [4.69, 9.17) is 9.47 Å². The Morgan fingerprint density at radius 2 is 1.78 bits per heavy atom. The molecule has 5 heteroatoms. The van der Waals surface area contributed by atoms with Gasteiger partial charge in [0.1, 0.15) is 5.75 Å². The van der Waals surface area contributed by atoms with Gasteiger partial charge in [-0.3, -0.25) is 0 Å². The summed E-state index contributed by atoms with van der Waals surface area (Å²) in [5.74, 6) is 1.59. The molecule has 1 saturated carbocycles. The monoisotopic (exact) mass is 437 g/mol. The van der Waals surface area contributed by atoms with Crippen molar-refractivity contribution in [1.82, 2.24) is 15.5 Å². The van der Waals surface area contributed by atoms with Crippen LogP contribution in [0.15, 0.2) is 30.3 Å². The van der Waals surface area contributed by atoms with Crippen molar-refractivity contribution in [3.63, 3.8) is 0 Å². The van der Waals surface area contributed by atoms with Gasteiger partial charge in [0.2, 0.25) is 5.88 Å². The molecular formula is C27H39N3O2. The highest BCUT2D eigenvalue weighted by Gasteiger charge is 2.16. The maximum atomic E-state index is 6.22. The van der Waals surface area contributed by atoms with Crippen LogP contribution in [-0.4, -0.2) is 35.5 Å². The second kappa shape index (κ2) is 12.2. The van der Waals surface area contributed by atoms with E-state index in [-0.39, 0.29) is 0 Å². The van der Waals surface area contributed by atoms with Crippen LogP contribution >= 0.6 is 0 Å². The Balaban J connectivity index is 1.42. The molecule has 0 unspecified atom stereocenters. The molecule has 1 N–H and O–H groups in total. The highest BCUT2D eigenvalue weighted by molar-refractivity contribution is 5.67. The summed E-state index contributed by atoms with van der Waals surface area (Å²) in [6, 6.07) is 11.1. The molecule has 2 fully saturated rings. The molecule has 5 nitrogen and oxygen atoms in total. The summed E-state index contributed by atoms with van der Waals surface area (Å²) in [5, 5.41) is 12.5. The smallest absolute Gasteiger partial charge is 0.234 e. The average molecular weight is 438 g/mol. The number of ether oxygens (including phenoxy) is 2. The molecule has 2 heterocycles. The minimum absolute atomic E-state index is 0.371. The van der Waals surface area contributed by atoms with Crippen LogP contribution in [0.3, 0.4) is 0 Å². The SMILES string of the molecule is CCCCc1nnc(OCC[C@H]2CCCCN2)cc1-c1ccc(OC2CCCCC2)cc1. The molecule has 32 heavy (non-hydrogen) atoms. The van der Waals surface area contributed by atoms with Crippen molar-refractivity contribution in [2.24, 2.45) is 0 Å². The first-order chi connectivity index (χ1) is 15.8. The topological polar surface area (TPSA) is 56.3 Å². The molecule has 1 aromatic carbocycles. The zero-order valence-electron chi connectivity index (χ0n) is 19.7. The fourth-order valence-electron chi connectivity index (χ4n) is 4.81. The van der Waals surface area contributed by atoms with Gasteiger partial charge in [0.05, 0.1) is 18.4 Å². The van der Waals surface area contributed by atoms with Gasteiger partial charge in [-0.15, -0.1) is 5.10 Å². The molecule has 1 atom stereocenters. The predicted molar refractivity (Wildman–Crippen MR) is 129 cm³/mol. The lowest BCUT2D eigenvalue weighted by molar-refractivity contribution is 0.155. The number of aromatic nitrogens is 2. The van der Waals surface area contributed by atoms with E-state index in [0.29, 0.717) is 24.6 Å². The van der Waals surface area contributed by atoms with Crippen molar-refractivity contribution in [3.05, 3.63) is 36.0 Å². The van der Waals surface area contributed by atoms with Crippen LogP contribution in [0.2, 0.25) is 0 Å². The van der Waals surface area contributed by atoms with Gasteiger partial charge >= 0.3 is 0 Å². The largest absolute Gasteiger partial charge is 0.490 e. The van der Waals surface area contributed by atoms with E-state index in [9.17, 15) is 0 Å². The highest BCUT2D eigenvalue weighted by atomic mass is 16.5. The normalized spacial score (nSPS) is 19.6. The Morgan fingerprint density at radius 3 is 2.53 bits per heavy atom. The summed E-state index contributed by atoms with van der Waals surface area (Å²) in [5.41, 5.74) is 3.33. The van der Waals surface area contributed by atoms with Crippen molar-refractivity contribution in [3.8, 4) is 22.8 Å². The first-order valence-electron chi connectivity index (χ1n) is 12.8. The van der Waals surface area contributed by atoms with Crippen LogP contribution < -0.4 is 14.8 Å². The van der Waals surface area contributed by atoms with Gasteiger partial charge in [-0.2, -0.15) is 5.10 Å². The Bertz CT molecular complexity index is 812. The van der Waals surface area contributed by atoms with E-state index in [2.05, 4.69) is 52.8 Å². The molecule has 0 radical (unpaired) electrons. The van der Waals surface area contributed by atoms with E-state index >= 15 is 0 Å². The zero-order valence-corrected chi connectivity index (χ0v) is 19.7. The van der Waals surface area contributed by atoms with E-state index in [1.165, 1.54) is 51.4 Å². The lowest BCUT2D eigenvalue weighted by atomic mass is 9.97. The zero-order chi connectivity index (χ0) is 22.0. The fraction of sp³-hybridized carbons (Fsp3) is 0.630. The minimum Gasteiger partial charge on any atom is -0.490 e. The summed E-state index contributed by atoms with van der Waals surface area (Å²) >= 11 is 0. The summed E-state index contributed by atoms with van der Waals surface area (Å²) in [4.78, 5) is 0. The number of nitrogens with one attached hydrogen (secondary N) is 1. The lowest BCUT2D eigenvalue weighted by Gasteiger charge is -2.23. The quantitative estimate of drug-likeness (QED) is 0.486. The molecule has 1 aromatic heterocycles. The molecule has 1 saturated heterocycles. The second-order valence-corrected chi connectivity index (χ2v) is 9.33. The summed E-state index contributed by atoms with van der Waals surface area (Å²) in [6.45, 7) is 4.01. The summed E-state index contributed by atoms with van der Waals surface area (Å²) < 4.78 is 12.2. The molecule has 174 valence electrons. The van der Waals surface area contributed by atoms with Crippen LogP contribution in [0, 0.1) is 0 Å². The third-order valence-electron chi connectivity index (χ3n) is 6.76. The average Bonchev–Trinajstić information content (AvgIpc) is 2.85. The second-order valence-electron chi connectivity index (χ2n) is 9.33. The molecule has 0 bridgehead atoms. The number of aryl methyl sites for hydroxylation is 1. The van der Waals surface area contributed by atoms with E-state index in [1.54, 1.807) is 0 Å². The number of hydrogen-bond acceptors (Lipinski definition) is 5. The van der Waals surface area contributed by atoms with Crippen molar-refractivity contribution in [2.75, 3.05) is 13.2 Å². The number of rotatable bonds is 10. The van der Waals surface area contributed by atoms with E-state index < -0.39 is 0 Å². The van der Waals surface area contributed by atoms with Crippen molar-refractivity contribution < 1.29 is 9.47 Å². The predicted octanol–water partition coefficient (Wildman–Crippen LogP) is 6.11. The van der Waals surface area contributed by atoms with Gasteiger partial charge in [0.15, 0.2) is 0 Å². The van der Waals surface area contributed by atoms with E-state index in [1.807, 2.05) is 0 Å². The molecule has 4 rings (SSSR count). The Morgan fingerprint density at radius 1 is 0.969 bits per heavy atom. The van der Waals surface area contributed by atoms with Crippen molar-refractivity contribution in [2.45, 2.75) is 96.1 Å². The van der Waals surface area contributed by atoms with Crippen LogP contribution in [0.1, 0.15) is 83.2 Å². The molecule has 1 aliphatic carbocycles. The highest BCUT2D eigenvalue weighted by Crippen LogP contribution is 2.30. The standard InChI is InChI=1S/C27H39N3O2/c1-2-3-12-26-25(20-27(30-29-26)31-19-17-22-9-7-8-18-28-22)21-13-15-24(16-14-21)32-23-10-5-4-6-11-23/h13-16,20,22-23,28H,2-12,17-19H2,1H3/t22-/m1/s1. The first kappa shape index (κ1) is 23.0. The van der Waals surface area contributed by atoms with Gasteiger partial charge in [0, 0.05) is 17.7 Å². The maximum absolute atomic E-state index is 6.22. The van der Waals surface area contributed by atoms with Gasteiger partial charge in [-0.1, -0.05) is 38.3 Å². The number of piperidine rings is 1. The van der Waals surface area contributed by atoms with Gasteiger partial charge in [-0.25, -0.2) is 0 Å². The lowest BCUT2D eigenvalue weighted by Crippen LogP contribution is -2.35. The Kier molecular flexibility index (Phi) is 8.78. The van der Waals surface area contributed by atoms with Crippen molar-refractivity contribution in [1.29, 1.82) is 0 Å². The minimum atomic E-state index is 0.371. The fourth-order valence-corrected chi connectivity index (χ4v) is 4.81. The maximum Gasteiger partial charge on any atom is 0.234 e. The Hall–Kier alpha value is -2.14. The molecular weight excluding hydrogens is 398 g/mol. The van der Waals surface area contributed by atoms with Crippen LogP contribution in [-0.2, 0) is 6.42 Å². The molecule has 2 aliphatic rings. The molecule has 0 spiro atoms. The third kappa shape index (κ3) is 6.68. The molecule has 0 amide bonds. The number of unbranched alkanes of at least 4 members (excludes halogenated alkanes) is 1. The third-order valence-corrected chi connectivity index (χ3v) is 6.76.